The lowest BCUT2D eigenvalue weighted by molar-refractivity contribution is 0.0398. The fraction of sp³-hybridized carbons (Fsp3) is 0.600. The van der Waals surface area contributed by atoms with Crippen LogP contribution in [0, 0.1) is 0 Å². The van der Waals surface area contributed by atoms with Gasteiger partial charge in [-0.2, -0.15) is 0 Å². The van der Waals surface area contributed by atoms with E-state index in [4.69, 9.17) is 10.5 Å². The van der Waals surface area contributed by atoms with Gasteiger partial charge in [-0.25, -0.2) is 9.97 Å². The molecule has 17 heavy (non-hydrogen) atoms. The maximum atomic E-state index is 5.72. The summed E-state index contributed by atoms with van der Waals surface area (Å²) in [6, 6.07) is 0. The number of morpholine rings is 1. The first-order valence-corrected chi connectivity index (χ1v) is 6.37. The molecule has 1 aromatic rings. The number of rotatable bonds is 4. The lowest BCUT2D eigenvalue weighted by Gasteiger charge is -2.26. The highest BCUT2D eigenvalue weighted by atomic mass is 79.9. The number of anilines is 2. The monoisotopic (exact) mass is 301 g/mol. The van der Waals surface area contributed by atoms with Crippen molar-refractivity contribution in [3.05, 3.63) is 10.8 Å². The van der Waals surface area contributed by atoms with E-state index in [1.54, 1.807) is 6.20 Å². The van der Waals surface area contributed by atoms with E-state index in [9.17, 15) is 0 Å². The molecule has 0 aromatic carbocycles. The first-order chi connectivity index (χ1) is 8.25. The molecule has 0 spiro atoms. The third-order valence-corrected chi connectivity index (χ3v) is 2.98. The zero-order valence-electron chi connectivity index (χ0n) is 9.53. The molecule has 2 rings (SSSR count). The van der Waals surface area contributed by atoms with Crippen LogP contribution in [0.15, 0.2) is 10.8 Å². The largest absolute Gasteiger partial charge is 0.381 e. The maximum absolute atomic E-state index is 5.72. The lowest BCUT2D eigenvalue weighted by atomic mass is 10.4. The van der Waals surface area contributed by atoms with Gasteiger partial charge in [0.1, 0.15) is 4.60 Å². The molecule has 1 aliphatic heterocycles. The average Bonchev–Trinajstić information content (AvgIpc) is 2.35. The van der Waals surface area contributed by atoms with Crippen LogP contribution in [-0.4, -0.2) is 54.3 Å². The molecule has 0 atom stereocenters. The summed E-state index contributed by atoms with van der Waals surface area (Å²) >= 11 is 3.27. The van der Waals surface area contributed by atoms with Gasteiger partial charge in [-0.05, 0) is 15.9 Å². The van der Waals surface area contributed by atoms with Crippen LogP contribution in [0.5, 0.6) is 0 Å². The van der Waals surface area contributed by atoms with Crippen LogP contribution in [0.3, 0.4) is 0 Å². The van der Waals surface area contributed by atoms with Gasteiger partial charge in [-0.3, -0.25) is 4.90 Å². The minimum atomic E-state index is 0.426. The number of aromatic nitrogens is 2. The second kappa shape index (κ2) is 6.13. The molecule has 6 nitrogen and oxygen atoms in total. The summed E-state index contributed by atoms with van der Waals surface area (Å²) in [4.78, 5) is 10.6. The molecular formula is C10H16BrN5O. The minimum Gasteiger partial charge on any atom is -0.381 e. The predicted octanol–water partition coefficient (Wildman–Crippen LogP) is 0.565. The number of nitrogens with one attached hydrogen (secondary N) is 1. The summed E-state index contributed by atoms with van der Waals surface area (Å²) in [5.41, 5.74) is 5.72. The molecule has 0 bridgehead atoms. The first-order valence-electron chi connectivity index (χ1n) is 5.57. The molecule has 1 aliphatic rings. The Balaban J connectivity index is 1.79. The first kappa shape index (κ1) is 12.5. The predicted molar refractivity (Wildman–Crippen MR) is 69.9 cm³/mol. The molecule has 1 aromatic heterocycles. The topological polar surface area (TPSA) is 76.3 Å². The van der Waals surface area contributed by atoms with E-state index in [0.717, 1.165) is 39.4 Å². The third kappa shape index (κ3) is 3.79. The van der Waals surface area contributed by atoms with Gasteiger partial charge >= 0.3 is 0 Å². The van der Waals surface area contributed by atoms with Crippen molar-refractivity contribution in [2.24, 2.45) is 0 Å². The molecule has 0 unspecified atom stereocenters. The minimum absolute atomic E-state index is 0.426. The Labute approximate surface area is 109 Å². The van der Waals surface area contributed by atoms with Crippen molar-refractivity contribution < 1.29 is 4.74 Å². The van der Waals surface area contributed by atoms with Crippen LogP contribution >= 0.6 is 15.9 Å². The van der Waals surface area contributed by atoms with Crippen LogP contribution in [0.1, 0.15) is 0 Å². The Kier molecular flexibility index (Phi) is 4.52. The molecule has 0 radical (unpaired) electrons. The molecule has 1 fully saturated rings. The normalized spacial score (nSPS) is 17.0. The molecule has 1 saturated heterocycles. The Morgan fingerprint density at radius 1 is 1.47 bits per heavy atom. The fourth-order valence-electron chi connectivity index (χ4n) is 1.66. The Hall–Kier alpha value is -0.920. The zero-order valence-corrected chi connectivity index (χ0v) is 11.1. The summed E-state index contributed by atoms with van der Waals surface area (Å²) in [6.45, 7) is 5.37. The Morgan fingerprint density at radius 3 is 3.00 bits per heavy atom. The van der Waals surface area contributed by atoms with Gasteiger partial charge in [0.2, 0.25) is 0 Å². The van der Waals surface area contributed by atoms with Gasteiger partial charge in [0.05, 0.1) is 19.4 Å². The molecule has 94 valence electrons. The van der Waals surface area contributed by atoms with E-state index in [1.807, 2.05) is 0 Å². The van der Waals surface area contributed by atoms with E-state index in [1.165, 1.54) is 0 Å². The summed E-state index contributed by atoms with van der Waals surface area (Å²) in [6.07, 6.45) is 1.59. The van der Waals surface area contributed by atoms with Gasteiger partial charge in [-0.1, -0.05) is 0 Å². The van der Waals surface area contributed by atoms with Crippen molar-refractivity contribution in [2.75, 3.05) is 50.4 Å². The van der Waals surface area contributed by atoms with E-state index < -0.39 is 0 Å². The Morgan fingerprint density at radius 2 is 2.24 bits per heavy atom. The van der Waals surface area contributed by atoms with Gasteiger partial charge in [-0.15, -0.1) is 0 Å². The van der Waals surface area contributed by atoms with Crippen LogP contribution in [0.2, 0.25) is 0 Å². The van der Waals surface area contributed by atoms with Crippen molar-refractivity contribution in [1.29, 1.82) is 0 Å². The van der Waals surface area contributed by atoms with E-state index in [-0.39, 0.29) is 0 Å². The number of hydrogen-bond acceptors (Lipinski definition) is 6. The number of ether oxygens (including phenoxy) is 1. The van der Waals surface area contributed by atoms with Crippen molar-refractivity contribution in [3.8, 4) is 0 Å². The number of halogens is 1. The maximum Gasteiger partial charge on any atom is 0.170 e. The second-order valence-electron chi connectivity index (χ2n) is 3.81. The standard InChI is InChI=1S/C10H16BrN5O/c11-8-7-14-9(12)10(15-8)13-1-2-16-3-5-17-6-4-16/h7H,1-6H2,(H2,12,14)(H,13,15). The zero-order chi connectivity index (χ0) is 12.1. The summed E-state index contributed by atoms with van der Waals surface area (Å²) in [5, 5.41) is 3.19. The van der Waals surface area contributed by atoms with E-state index in [2.05, 4.69) is 36.1 Å². The van der Waals surface area contributed by atoms with Crippen molar-refractivity contribution in [2.45, 2.75) is 0 Å². The molecule has 0 aliphatic carbocycles. The van der Waals surface area contributed by atoms with Crippen molar-refractivity contribution >= 4 is 27.6 Å². The van der Waals surface area contributed by atoms with E-state index >= 15 is 0 Å². The molecular weight excluding hydrogens is 286 g/mol. The molecule has 2 heterocycles. The van der Waals surface area contributed by atoms with E-state index in [0.29, 0.717) is 16.2 Å². The average molecular weight is 302 g/mol. The van der Waals surface area contributed by atoms with Gasteiger partial charge < -0.3 is 15.8 Å². The van der Waals surface area contributed by atoms with Gasteiger partial charge in [0.15, 0.2) is 11.6 Å². The number of nitrogens with two attached hydrogens (primary N) is 1. The third-order valence-electron chi connectivity index (χ3n) is 2.60. The van der Waals surface area contributed by atoms with Crippen LogP contribution < -0.4 is 11.1 Å². The molecule has 3 N–H and O–H groups in total. The number of hydrogen-bond donors (Lipinski definition) is 2. The summed E-state index contributed by atoms with van der Waals surface area (Å²) in [5.74, 6) is 1.06. The van der Waals surface area contributed by atoms with Crippen molar-refractivity contribution in [1.82, 2.24) is 14.9 Å². The molecule has 0 amide bonds. The summed E-state index contributed by atoms with van der Waals surface area (Å²) in [7, 11) is 0. The highest BCUT2D eigenvalue weighted by Crippen LogP contribution is 2.15. The fourth-order valence-corrected chi connectivity index (χ4v) is 1.94. The molecule has 7 heteroatoms. The number of nitrogens with zero attached hydrogens (tertiary/aromatic N) is 3. The van der Waals surface area contributed by atoms with Crippen LogP contribution in [0.4, 0.5) is 11.6 Å². The lowest BCUT2D eigenvalue weighted by Crippen LogP contribution is -2.39. The van der Waals surface area contributed by atoms with Crippen LogP contribution in [-0.2, 0) is 4.74 Å². The van der Waals surface area contributed by atoms with Gasteiger partial charge in [0.25, 0.3) is 0 Å². The SMILES string of the molecule is Nc1ncc(Br)nc1NCCN1CCOCC1. The second-order valence-corrected chi connectivity index (χ2v) is 4.62. The highest BCUT2D eigenvalue weighted by Gasteiger charge is 2.10. The van der Waals surface area contributed by atoms with Gasteiger partial charge in [0, 0.05) is 26.2 Å². The van der Waals surface area contributed by atoms with Crippen LogP contribution in [0.25, 0.3) is 0 Å². The smallest absolute Gasteiger partial charge is 0.170 e. The molecule has 0 saturated carbocycles. The quantitative estimate of drug-likeness (QED) is 0.846. The Bertz CT molecular complexity index is 370. The highest BCUT2D eigenvalue weighted by molar-refractivity contribution is 9.10. The van der Waals surface area contributed by atoms with Crippen molar-refractivity contribution in [3.63, 3.8) is 0 Å². The number of nitrogen functional groups attached to an aromatic ring is 1. The summed E-state index contributed by atoms with van der Waals surface area (Å²) < 4.78 is 5.97.